The van der Waals surface area contributed by atoms with E-state index in [1.807, 2.05) is 30.5 Å². The number of benzene rings is 2. The molecule has 164 valence electrons. The summed E-state index contributed by atoms with van der Waals surface area (Å²) >= 11 is 0. The predicted octanol–water partition coefficient (Wildman–Crippen LogP) is 2.84. The highest BCUT2D eigenvalue weighted by Crippen LogP contribution is 2.45. The van der Waals surface area contributed by atoms with E-state index in [1.165, 1.54) is 30.6 Å². The van der Waals surface area contributed by atoms with Crippen molar-refractivity contribution in [3.05, 3.63) is 88.5 Å². The van der Waals surface area contributed by atoms with Gasteiger partial charge in [0.1, 0.15) is 5.82 Å². The Labute approximate surface area is 188 Å². The van der Waals surface area contributed by atoms with E-state index in [9.17, 15) is 4.79 Å². The number of piperidine rings is 1. The van der Waals surface area contributed by atoms with Crippen molar-refractivity contribution in [1.29, 1.82) is 0 Å². The van der Waals surface area contributed by atoms with Gasteiger partial charge in [-0.2, -0.15) is 4.98 Å². The number of likely N-dealkylation sites (tertiary alicyclic amines) is 1. The van der Waals surface area contributed by atoms with E-state index in [0.29, 0.717) is 0 Å². The molecule has 1 aromatic heterocycles. The lowest BCUT2D eigenvalue weighted by molar-refractivity contribution is 0.297. The molecule has 3 unspecified atom stereocenters. The van der Waals surface area contributed by atoms with E-state index in [4.69, 9.17) is 0 Å². The highest BCUT2D eigenvalue weighted by Gasteiger charge is 2.44. The van der Waals surface area contributed by atoms with Gasteiger partial charge in [-0.05, 0) is 47.6 Å². The molecule has 0 spiro atoms. The first-order valence-electron chi connectivity index (χ1n) is 11.7. The SMILES string of the molecule is O=c1nc(N2CCNCC2c2ccccc2)ccn1-c1ccc(CN2CC3CC3C2)cc1. The van der Waals surface area contributed by atoms with Crippen molar-refractivity contribution in [2.24, 2.45) is 11.8 Å². The van der Waals surface area contributed by atoms with Crippen LogP contribution in [0.3, 0.4) is 0 Å². The third kappa shape index (κ3) is 3.85. The van der Waals surface area contributed by atoms with Gasteiger partial charge in [0, 0.05) is 45.5 Å². The fourth-order valence-electron chi connectivity index (χ4n) is 5.35. The molecule has 2 aliphatic heterocycles. The molecular weight excluding hydrogens is 398 g/mol. The summed E-state index contributed by atoms with van der Waals surface area (Å²) in [5.74, 6) is 2.65. The van der Waals surface area contributed by atoms with Crippen LogP contribution in [0.4, 0.5) is 5.82 Å². The number of aromatic nitrogens is 2. The van der Waals surface area contributed by atoms with Crippen molar-refractivity contribution < 1.29 is 0 Å². The highest BCUT2D eigenvalue weighted by atomic mass is 16.1. The van der Waals surface area contributed by atoms with E-state index in [1.54, 1.807) is 4.57 Å². The first-order valence-corrected chi connectivity index (χ1v) is 11.7. The molecule has 3 fully saturated rings. The molecule has 3 heterocycles. The topological polar surface area (TPSA) is 53.4 Å². The summed E-state index contributed by atoms with van der Waals surface area (Å²) in [6.07, 6.45) is 3.29. The van der Waals surface area contributed by atoms with E-state index >= 15 is 0 Å². The zero-order valence-electron chi connectivity index (χ0n) is 18.2. The molecule has 0 amide bonds. The fourth-order valence-corrected chi connectivity index (χ4v) is 5.35. The van der Waals surface area contributed by atoms with Gasteiger partial charge in [-0.25, -0.2) is 4.79 Å². The van der Waals surface area contributed by atoms with Crippen LogP contribution in [-0.4, -0.2) is 47.2 Å². The molecule has 2 aromatic carbocycles. The van der Waals surface area contributed by atoms with Gasteiger partial charge in [0.25, 0.3) is 0 Å². The van der Waals surface area contributed by atoms with Crippen molar-refractivity contribution >= 4 is 5.82 Å². The number of fused-ring (bicyclic) bond motifs is 1. The molecule has 1 saturated carbocycles. The summed E-state index contributed by atoms with van der Waals surface area (Å²) in [6, 6.07) is 20.9. The summed E-state index contributed by atoms with van der Waals surface area (Å²) in [5, 5.41) is 3.46. The van der Waals surface area contributed by atoms with Crippen LogP contribution in [-0.2, 0) is 6.54 Å². The van der Waals surface area contributed by atoms with Crippen molar-refractivity contribution in [2.45, 2.75) is 19.0 Å². The average molecular weight is 428 g/mol. The van der Waals surface area contributed by atoms with Crippen LogP contribution in [0.15, 0.2) is 71.7 Å². The van der Waals surface area contributed by atoms with Gasteiger partial charge in [-0.15, -0.1) is 0 Å². The smallest absolute Gasteiger partial charge is 0.347 e. The van der Waals surface area contributed by atoms with Crippen LogP contribution in [0, 0.1) is 11.8 Å². The van der Waals surface area contributed by atoms with Crippen LogP contribution in [0.25, 0.3) is 5.69 Å². The summed E-state index contributed by atoms with van der Waals surface area (Å²) in [6.45, 7) is 6.04. The lowest BCUT2D eigenvalue weighted by Gasteiger charge is -2.37. The molecular formula is C26H29N5O. The first kappa shape index (κ1) is 19.7. The summed E-state index contributed by atoms with van der Waals surface area (Å²) in [7, 11) is 0. The number of piperazine rings is 1. The zero-order valence-corrected chi connectivity index (χ0v) is 18.2. The van der Waals surface area contributed by atoms with E-state index in [-0.39, 0.29) is 11.7 Å². The number of anilines is 1. The van der Waals surface area contributed by atoms with Gasteiger partial charge in [0.2, 0.25) is 0 Å². The Morgan fingerprint density at radius 1 is 0.969 bits per heavy atom. The van der Waals surface area contributed by atoms with Gasteiger partial charge in [-0.3, -0.25) is 9.47 Å². The van der Waals surface area contributed by atoms with Crippen molar-refractivity contribution in [2.75, 3.05) is 37.6 Å². The van der Waals surface area contributed by atoms with Crippen LogP contribution in [0.1, 0.15) is 23.6 Å². The summed E-state index contributed by atoms with van der Waals surface area (Å²) in [4.78, 5) is 22.2. The van der Waals surface area contributed by atoms with E-state index < -0.39 is 0 Å². The lowest BCUT2D eigenvalue weighted by Crippen LogP contribution is -2.47. The summed E-state index contributed by atoms with van der Waals surface area (Å²) < 4.78 is 1.64. The van der Waals surface area contributed by atoms with Crippen LogP contribution >= 0.6 is 0 Å². The first-order chi connectivity index (χ1) is 15.7. The Morgan fingerprint density at radius 3 is 2.50 bits per heavy atom. The van der Waals surface area contributed by atoms with Crippen molar-refractivity contribution in [3.8, 4) is 5.69 Å². The molecule has 0 radical (unpaired) electrons. The quantitative estimate of drug-likeness (QED) is 0.679. The Balaban J connectivity index is 1.20. The maximum atomic E-state index is 12.9. The number of hydrogen-bond donors (Lipinski definition) is 1. The Bertz CT molecular complexity index is 1130. The van der Waals surface area contributed by atoms with Gasteiger partial charge in [0.15, 0.2) is 0 Å². The molecule has 3 aromatic rings. The number of nitrogens with zero attached hydrogens (tertiary/aromatic N) is 4. The molecule has 0 bridgehead atoms. The second kappa shape index (κ2) is 8.19. The minimum Gasteiger partial charge on any atom is -0.347 e. The maximum absolute atomic E-state index is 12.9. The van der Waals surface area contributed by atoms with Gasteiger partial charge in [-0.1, -0.05) is 42.5 Å². The normalized spacial score (nSPS) is 25.0. The standard InChI is InChI=1S/C26H29N5O/c32-26-28-25(31-13-11-27-15-24(31)20-4-2-1-3-5-20)10-12-30(26)23-8-6-19(7-9-23)16-29-17-21-14-22(21)18-29/h1-10,12,21-22,24,27H,11,13-18H2. The fraction of sp³-hybridized carbons (Fsp3) is 0.385. The number of rotatable bonds is 5. The maximum Gasteiger partial charge on any atom is 0.354 e. The average Bonchev–Trinajstić information content (AvgIpc) is 3.45. The van der Waals surface area contributed by atoms with Gasteiger partial charge >= 0.3 is 5.69 Å². The molecule has 2 saturated heterocycles. The van der Waals surface area contributed by atoms with Gasteiger partial charge in [0.05, 0.1) is 11.7 Å². The second-order valence-corrected chi connectivity index (χ2v) is 9.38. The number of nitrogens with one attached hydrogen (secondary N) is 1. The van der Waals surface area contributed by atoms with Crippen molar-refractivity contribution in [1.82, 2.24) is 19.8 Å². The minimum atomic E-state index is -0.236. The summed E-state index contributed by atoms with van der Waals surface area (Å²) in [5.41, 5.74) is 3.16. The molecule has 1 N–H and O–H groups in total. The monoisotopic (exact) mass is 427 g/mol. The molecule has 6 nitrogen and oxygen atoms in total. The molecule has 3 atom stereocenters. The van der Waals surface area contributed by atoms with Crippen LogP contribution < -0.4 is 15.9 Å². The van der Waals surface area contributed by atoms with Crippen molar-refractivity contribution in [3.63, 3.8) is 0 Å². The molecule has 32 heavy (non-hydrogen) atoms. The highest BCUT2D eigenvalue weighted by molar-refractivity contribution is 5.44. The Morgan fingerprint density at radius 2 is 1.75 bits per heavy atom. The van der Waals surface area contributed by atoms with E-state index in [2.05, 4.69) is 56.5 Å². The second-order valence-electron chi connectivity index (χ2n) is 9.38. The minimum absolute atomic E-state index is 0.170. The Kier molecular flexibility index (Phi) is 5.04. The number of hydrogen-bond acceptors (Lipinski definition) is 5. The molecule has 1 aliphatic carbocycles. The zero-order chi connectivity index (χ0) is 21.5. The largest absolute Gasteiger partial charge is 0.354 e. The molecule has 3 aliphatic rings. The van der Waals surface area contributed by atoms with Crippen LogP contribution in [0.5, 0.6) is 0 Å². The third-order valence-corrected chi connectivity index (χ3v) is 7.19. The Hall–Kier alpha value is -2.96. The third-order valence-electron chi connectivity index (χ3n) is 7.19. The molecule has 6 heteroatoms. The van der Waals surface area contributed by atoms with Gasteiger partial charge < -0.3 is 10.2 Å². The van der Waals surface area contributed by atoms with E-state index in [0.717, 1.165) is 49.5 Å². The lowest BCUT2D eigenvalue weighted by atomic mass is 10.0. The van der Waals surface area contributed by atoms with Crippen LogP contribution in [0.2, 0.25) is 0 Å². The molecule has 6 rings (SSSR count). The predicted molar refractivity (Wildman–Crippen MR) is 126 cm³/mol.